The Morgan fingerprint density at radius 3 is 2.10 bits per heavy atom. The Balaban J connectivity index is 2.50. The minimum atomic E-state index is -3.90. The number of halogens is 1. The van der Waals surface area contributed by atoms with Gasteiger partial charge >= 0.3 is 10.1 Å². The molecular weight excluding hydrogens is 296 g/mol. The largest absolute Gasteiger partial charge is 0.377 e. The molecule has 5 heteroatoms. The van der Waals surface area contributed by atoms with Crippen LogP contribution in [0.5, 0.6) is 5.75 Å². The van der Waals surface area contributed by atoms with E-state index in [1.165, 1.54) is 6.07 Å². The van der Waals surface area contributed by atoms with Crippen LogP contribution in [0.15, 0.2) is 41.3 Å². The molecule has 0 radical (unpaired) electrons. The maximum absolute atomic E-state index is 12.4. The predicted molar refractivity (Wildman–Crippen MR) is 79.9 cm³/mol. The molecule has 0 heterocycles. The molecule has 0 N–H and O–H groups in total. The number of aryl methyl sites for hydroxylation is 3. The molecule has 2 aromatic rings. The molecule has 0 aliphatic rings. The third-order valence-electron chi connectivity index (χ3n) is 2.89. The normalized spacial score (nSPS) is 11.4. The molecule has 106 valence electrons. The van der Waals surface area contributed by atoms with Crippen LogP contribution in [-0.2, 0) is 10.1 Å². The SMILES string of the molecule is Cc1cc(C)c(S(=O)(=O)Oc2ccccc2Cl)c(C)c1. The first-order valence-corrected chi connectivity index (χ1v) is 7.87. The molecule has 0 bridgehead atoms. The van der Waals surface area contributed by atoms with Crippen molar-refractivity contribution < 1.29 is 12.6 Å². The Morgan fingerprint density at radius 1 is 1.00 bits per heavy atom. The first-order valence-electron chi connectivity index (χ1n) is 6.08. The van der Waals surface area contributed by atoms with E-state index < -0.39 is 10.1 Å². The summed E-state index contributed by atoms with van der Waals surface area (Å²) < 4.78 is 30.0. The lowest BCUT2D eigenvalue weighted by Gasteiger charge is -2.13. The van der Waals surface area contributed by atoms with Crippen LogP contribution in [0.25, 0.3) is 0 Å². The third kappa shape index (κ3) is 2.97. The van der Waals surface area contributed by atoms with Gasteiger partial charge in [0.05, 0.1) is 5.02 Å². The highest BCUT2D eigenvalue weighted by Crippen LogP contribution is 2.29. The van der Waals surface area contributed by atoms with Gasteiger partial charge in [-0.1, -0.05) is 41.4 Å². The summed E-state index contributed by atoms with van der Waals surface area (Å²) in [5.74, 6) is 0.133. The van der Waals surface area contributed by atoms with Crippen LogP contribution in [0.1, 0.15) is 16.7 Å². The lowest BCUT2D eigenvalue weighted by molar-refractivity contribution is 0.485. The van der Waals surface area contributed by atoms with E-state index in [0.29, 0.717) is 11.1 Å². The number of para-hydroxylation sites is 1. The van der Waals surface area contributed by atoms with Gasteiger partial charge in [-0.15, -0.1) is 0 Å². The number of rotatable bonds is 3. The minimum absolute atomic E-state index is 0.133. The molecule has 0 spiro atoms. The molecule has 2 rings (SSSR count). The fourth-order valence-corrected chi connectivity index (χ4v) is 3.82. The van der Waals surface area contributed by atoms with Gasteiger partial charge in [0.2, 0.25) is 0 Å². The van der Waals surface area contributed by atoms with E-state index in [0.717, 1.165) is 5.56 Å². The van der Waals surface area contributed by atoms with Crippen LogP contribution in [0, 0.1) is 20.8 Å². The van der Waals surface area contributed by atoms with Crippen molar-refractivity contribution in [3.05, 3.63) is 58.1 Å². The zero-order chi connectivity index (χ0) is 14.9. The van der Waals surface area contributed by atoms with Crippen molar-refractivity contribution in [3.8, 4) is 5.75 Å². The van der Waals surface area contributed by atoms with Gasteiger partial charge in [-0.05, 0) is 44.0 Å². The van der Waals surface area contributed by atoms with E-state index in [9.17, 15) is 8.42 Å². The highest BCUT2D eigenvalue weighted by molar-refractivity contribution is 7.87. The lowest BCUT2D eigenvalue weighted by Crippen LogP contribution is -2.13. The minimum Gasteiger partial charge on any atom is -0.377 e. The summed E-state index contributed by atoms with van der Waals surface area (Å²) in [5.41, 5.74) is 2.33. The topological polar surface area (TPSA) is 43.4 Å². The highest BCUT2D eigenvalue weighted by atomic mass is 35.5. The van der Waals surface area contributed by atoms with Gasteiger partial charge in [-0.25, -0.2) is 0 Å². The molecule has 0 saturated heterocycles. The van der Waals surface area contributed by atoms with Crippen molar-refractivity contribution in [2.45, 2.75) is 25.7 Å². The Kier molecular flexibility index (Phi) is 4.06. The van der Waals surface area contributed by atoms with Gasteiger partial charge in [-0.2, -0.15) is 8.42 Å². The van der Waals surface area contributed by atoms with Gasteiger partial charge in [0, 0.05) is 0 Å². The molecule has 0 aromatic heterocycles. The Morgan fingerprint density at radius 2 is 1.55 bits per heavy atom. The van der Waals surface area contributed by atoms with E-state index in [-0.39, 0.29) is 15.7 Å². The van der Waals surface area contributed by atoms with Gasteiger partial charge in [-0.3, -0.25) is 0 Å². The van der Waals surface area contributed by atoms with Crippen LogP contribution in [-0.4, -0.2) is 8.42 Å². The number of hydrogen-bond donors (Lipinski definition) is 0. The second-order valence-electron chi connectivity index (χ2n) is 4.70. The smallest absolute Gasteiger partial charge is 0.339 e. The van der Waals surface area contributed by atoms with Gasteiger partial charge in [0.1, 0.15) is 4.90 Å². The highest BCUT2D eigenvalue weighted by Gasteiger charge is 2.23. The lowest BCUT2D eigenvalue weighted by atomic mass is 10.1. The maximum Gasteiger partial charge on any atom is 0.339 e. The molecule has 0 aliphatic heterocycles. The van der Waals surface area contributed by atoms with Crippen molar-refractivity contribution in [1.29, 1.82) is 0 Å². The van der Waals surface area contributed by atoms with Crippen LogP contribution in [0.2, 0.25) is 5.02 Å². The summed E-state index contributed by atoms with van der Waals surface area (Å²) in [6.45, 7) is 5.43. The summed E-state index contributed by atoms with van der Waals surface area (Å²) in [6.07, 6.45) is 0. The van der Waals surface area contributed by atoms with Gasteiger partial charge in [0.25, 0.3) is 0 Å². The standard InChI is InChI=1S/C15H15ClO3S/c1-10-8-11(2)15(12(3)9-10)20(17,18)19-14-7-5-4-6-13(14)16/h4-9H,1-3H3. The Labute approximate surface area is 124 Å². The van der Waals surface area contributed by atoms with Crippen LogP contribution < -0.4 is 4.18 Å². The van der Waals surface area contributed by atoms with Crippen LogP contribution in [0.3, 0.4) is 0 Å². The molecule has 3 nitrogen and oxygen atoms in total. The quantitative estimate of drug-likeness (QED) is 0.804. The maximum atomic E-state index is 12.4. The zero-order valence-corrected chi connectivity index (χ0v) is 13.0. The van der Waals surface area contributed by atoms with Gasteiger partial charge < -0.3 is 4.18 Å². The van der Waals surface area contributed by atoms with Crippen LogP contribution in [0.4, 0.5) is 0 Å². The summed E-state index contributed by atoms with van der Waals surface area (Å²) in [4.78, 5) is 0.197. The fourth-order valence-electron chi connectivity index (χ4n) is 2.23. The van der Waals surface area contributed by atoms with E-state index in [1.54, 1.807) is 32.0 Å². The summed E-state index contributed by atoms with van der Waals surface area (Å²) in [6, 6.07) is 10.1. The van der Waals surface area contributed by atoms with Crippen molar-refractivity contribution in [2.75, 3.05) is 0 Å². The fraction of sp³-hybridized carbons (Fsp3) is 0.200. The first kappa shape index (κ1) is 14.9. The summed E-state index contributed by atoms with van der Waals surface area (Å²) in [5, 5.41) is 0.262. The van der Waals surface area contributed by atoms with E-state index >= 15 is 0 Å². The molecule has 0 fully saturated rings. The molecule has 0 unspecified atom stereocenters. The molecule has 0 aliphatic carbocycles. The molecule has 0 amide bonds. The number of hydrogen-bond acceptors (Lipinski definition) is 3. The number of benzene rings is 2. The molecule has 20 heavy (non-hydrogen) atoms. The van der Waals surface area contributed by atoms with Crippen molar-refractivity contribution in [3.63, 3.8) is 0 Å². The molecular formula is C15H15ClO3S. The summed E-state index contributed by atoms with van der Waals surface area (Å²) in [7, 11) is -3.90. The average Bonchev–Trinajstić information content (AvgIpc) is 2.30. The first-order chi connectivity index (χ1) is 9.31. The van der Waals surface area contributed by atoms with E-state index in [4.69, 9.17) is 15.8 Å². The Hall–Kier alpha value is -1.52. The molecule has 0 atom stereocenters. The van der Waals surface area contributed by atoms with Crippen LogP contribution >= 0.6 is 11.6 Å². The van der Waals surface area contributed by atoms with Gasteiger partial charge in [0.15, 0.2) is 5.75 Å². The van der Waals surface area contributed by atoms with Crippen molar-refractivity contribution in [1.82, 2.24) is 0 Å². The second kappa shape index (κ2) is 5.46. The van der Waals surface area contributed by atoms with E-state index in [1.807, 2.05) is 19.1 Å². The monoisotopic (exact) mass is 310 g/mol. The Bertz CT molecular complexity index is 728. The predicted octanol–water partition coefficient (Wildman–Crippen LogP) is 4.03. The van der Waals surface area contributed by atoms with Crippen molar-refractivity contribution >= 4 is 21.7 Å². The van der Waals surface area contributed by atoms with E-state index in [2.05, 4.69) is 0 Å². The van der Waals surface area contributed by atoms with Crippen molar-refractivity contribution in [2.24, 2.45) is 0 Å². The summed E-state index contributed by atoms with van der Waals surface area (Å²) >= 11 is 5.93. The molecule has 2 aromatic carbocycles. The third-order valence-corrected chi connectivity index (χ3v) is 4.75. The zero-order valence-electron chi connectivity index (χ0n) is 11.5. The second-order valence-corrected chi connectivity index (χ2v) is 6.59. The average molecular weight is 311 g/mol. The molecule has 0 saturated carbocycles.